The molecule has 1 heterocycles. The van der Waals surface area contributed by atoms with Crippen LogP contribution in [-0.4, -0.2) is 29.9 Å². The van der Waals surface area contributed by atoms with Crippen LogP contribution < -0.4 is 5.73 Å². The first-order valence-corrected chi connectivity index (χ1v) is 6.32. The highest BCUT2D eigenvalue weighted by molar-refractivity contribution is 5.85. The second kappa shape index (κ2) is 6.45. The first-order chi connectivity index (χ1) is 7.33. The molecular weight excluding hydrogens is 224 g/mol. The molecule has 1 aliphatic carbocycles. The van der Waals surface area contributed by atoms with Crippen molar-refractivity contribution in [2.45, 2.75) is 51.0 Å². The van der Waals surface area contributed by atoms with Gasteiger partial charge in [0.05, 0.1) is 0 Å². The molecule has 3 nitrogen and oxygen atoms in total. The summed E-state index contributed by atoms with van der Waals surface area (Å²) in [5.41, 5.74) is 5.46. The van der Waals surface area contributed by atoms with Crippen molar-refractivity contribution in [3.05, 3.63) is 0 Å². The van der Waals surface area contributed by atoms with Crippen molar-refractivity contribution in [1.29, 1.82) is 0 Å². The van der Waals surface area contributed by atoms with Gasteiger partial charge in [-0.1, -0.05) is 12.8 Å². The van der Waals surface area contributed by atoms with Crippen molar-refractivity contribution in [2.24, 2.45) is 11.7 Å². The Bertz CT molecular complexity index is 233. The minimum Gasteiger partial charge on any atom is -0.339 e. The molecule has 0 aromatic heterocycles. The van der Waals surface area contributed by atoms with Crippen LogP contribution in [0.1, 0.15) is 44.9 Å². The molecular formula is C12H23ClN2O. The number of carbonyl (C=O) groups excluding carboxylic acids is 1. The van der Waals surface area contributed by atoms with Crippen molar-refractivity contribution < 1.29 is 4.79 Å². The van der Waals surface area contributed by atoms with Crippen molar-refractivity contribution >= 4 is 18.3 Å². The summed E-state index contributed by atoms with van der Waals surface area (Å²) in [6, 6.07) is 0.548. The number of nitrogens with two attached hydrogens (primary N) is 1. The maximum Gasteiger partial charge on any atom is 0.224 e. The SMILES string of the molecule is Cl.NCCC(=O)N1CCCC2CCCCC21. The van der Waals surface area contributed by atoms with Crippen molar-refractivity contribution in [1.82, 2.24) is 4.90 Å². The van der Waals surface area contributed by atoms with E-state index in [1.54, 1.807) is 0 Å². The number of amides is 1. The zero-order chi connectivity index (χ0) is 10.7. The molecule has 16 heavy (non-hydrogen) atoms. The average Bonchev–Trinajstić information content (AvgIpc) is 2.28. The molecule has 94 valence electrons. The second-order valence-electron chi connectivity index (χ2n) is 4.88. The van der Waals surface area contributed by atoms with Gasteiger partial charge in [-0.15, -0.1) is 12.4 Å². The Morgan fingerprint density at radius 2 is 1.88 bits per heavy atom. The van der Waals surface area contributed by atoms with E-state index in [2.05, 4.69) is 4.90 Å². The van der Waals surface area contributed by atoms with Gasteiger partial charge in [0, 0.05) is 25.6 Å². The molecule has 0 aromatic carbocycles. The Labute approximate surface area is 104 Å². The van der Waals surface area contributed by atoms with E-state index < -0.39 is 0 Å². The Hall–Kier alpha value is -0.280. The molecule has 0 bridgehead atoms. The highest BCUT2D eigenvalue weighted by Crippen LogP contribution is 2.35. The molecule has 2 aliphatic rings. The van der Waals surface area contributed by atoms with E-state index in [-0.39, 0.29) is 18.3 Å². The van der Waals surface area contributed by atoms with Crippen LogP contribution in [0.2, 0.25) is 0 Å². The molecule has 2 atom stereocenters. The lowest BCUT2D eigenvalue weighted by Gasteiger charge is -2.44. The molecule has 0 aromatic rings. The van der Waals surface area contributed by atoms with Crippen LogP contribution in [0.25, 0.3) is 0 Å². The largest absolute Gasteiger partial charge is 0.339 e. The third-order valence-electron chi connectivity index (χ3n) is 3.92. The van der Waals surface area contributed by atoms with Crippen LogP contribution in [0.15, 0.2) is 0 Å². The predicted octanol–water partition coefficient (Wildman–Crippen LogP) is 1.94. The number of piperidine rings is 1. The number of likely N-dealkylation sites (tertiary alicyclic amines) is 1. The highest BCUT2D eigenvalue weighted by Gasteiger charge is 2.34. The summed E-state index contributed by atoms with van der Waals surface area (Å²) in [5.74, 6) is 1.07. The summed E-state index contributed by atoms with van der Waals surface area (Å²) in [7, 11) is 0. The van der Waals surface area contributed by atoms with Crippen LogP contribution in [0.4, 0.5) is 0 Å². The monoisotopic (exact) mass is 246 g/mol. The van der Waals surface area contributed by atoms with Crippen LogP contribution in [0.5, 0.6) is 0 Å². The molecule has 2 unspecified atom stereocenters. The van der Waals surface area contributed by atoms with Gasteiger partial charge in [-0.2, -0.15) is 0 Å². The van der Waals surface area contributed by atoms with E-state index in [9.17, 15) is 4.79 Å². The summed E-state index contributed by atoms with van der Waals surface area (Å²) >= 11 is 0. The van der Waals surface area contributed by atoms with Crippen LogP contribution in [0, 0.1) is 5.92 Å². The topological polar surface area (TPSA) is 46.3 Å². The minimum atomic E-state index is 0. The van der Waals surface area contributed by atoms with Crippen LogP contribution >= 0.6 is 12.4 Å². The van der Waals surface area contributed by atoms with Crippen molar-refractivity contribution in [2.75, 3.05) is 13.1 Å². The van der Waals surface area contributed by atoms with E-state index in [1.165, 1.54) is 38.5 Å². The molecule has 2 fully saturated rings. The Balaban J connectivity index is 0.00000128. The first kappa shape index (κ1) is 13.8. The van der Waals surface area contributed by atoms with Gasteiger partial charge in [0.1, 0.15) is 0 Å². The summed E-state index contributed by atoms with van der Waals surface area (Å²) in [4.78, 5) is 14.0. The zero-order valence-electron chi connectivity index (χ0n) is 9.86. The average molecular weight is 247 g/mol. The number of hydrogen-bond acceptors (Lipinski definition) is 2. The zero-order valence-corrected chi connectivity index (χ0v) is 10.7. The van der Waals surface area contributed by atoms with Crippen LogP contribution in [0.3, 0.4) is 0 Å². The molecule has 1 saturated heterocycles. The van der Waals surface area contributed by atoms with Gasteiger partial charge in [0.25, 0.3) is 0 Å². The third-order valence-corrected chi connectivity index (χ3v) is 3.92. The van der Waals surface area contributed by atoms with Gasteiger partial charge in [0.2, 0.25) is 5.91 Å². The van der Waals surface area contributed by atoms with E-state index >= 15 is 0 Å². The summed E-state index contributed by atoms with van der Waals surface area (Å²) in [6.45, 7) is 1.46. The highest BCUT2D eigenvalue weighted by atomic mass is 35.5. The van der Waals surface area contributed by atoms with Gasteiger partial charge in [-0.25, -0.2) is 0 Å². The Morgan fingerprint density at radius 3 is 2.62 bits per heavy atom. The molecule has 2 N–H and O–H groups in total. The fraction of sp³-hybridized carbons (Fsp3) is 0.917. The number of hydrogen-bond donors (Lipinski definition) is 1. The standard InChI is InChI=1S/C12H22N2O.ClH/c13-8-7-12(15)14-9-3-5-10-4-1-2-6-11(10)14;/h10-11H,1-9,13H2;1H. The summed E-state index contributed by atoms with van der Waals surface area (Å²) in [6.07, 6.45) is 8.27. The molecule has 0 radical (unpaired) electrons. The van der Waals surface area contributed by atoms with Gasteiger partial charge >= 0.3 is 0 Å². The molecule has 1 aliphatic heterocycles. The number of halogens is 1. The quantitative estimate of drug-likeness (QED) is 0.810. The Morgan fingerprint density at radius 1 is 1.19 bits per heavy atom. The lowest BCUT2D eigenvalue weighted by molar-refractivity contribution is -0.137. The van der Waals surface area contributed by atoms with Gasteiger partial charge in [0.15, 0.2) is 0 Å². The molecule has 0 spiro atoms. The summed E-state index contributed by atoms with van der Waals surface area (Å²) in [5, 5.41) is 0. The number of rotatable bonds is 2. The van der Waals surface area contributed by atoms with Gasteiger partial charge < -0.3 is 10.6 Å². The number of fused-ring (bicyclic) bond motifs is 1. The molecule has 1 amide bonds. The lowest BCUT2D eigenvalue weighted by Crippen LogP contribution is -2.50. The number of nitrogens with zero attached hydrogens (tertiary/aromatic N) is 1. The second-order valence-corrected chi connectivity index (χ2v) is 4.88. The van der Waals surface area contributed by atoms with Crippen molar-refractivity contribution in [3.63, 3.8) is 0 Å². The summed E-state index contributed by atoms with van der Waals surface area (Å²) < 4.78 is 0. The van der Waals surface area contributed by atoms with E-state index in [1.807, 2.05) is 0 Å². The third kappa shape index (κ3) is 2.89. The maximum atomic E-state index is 11.9. The Kier molecular flexibility index (Phi) is 5.56. The van der Waals surface area contributed by atoms with E-state index in [0.717, 1.165) is 12.5 Å². The molecule has 1 saturated carbocycles. The number of carbonyl (C=O) groups is 1. The van der Waals surface area contributed by atoms with E-state index in [4.69, 9.17) is 5.73 Å². The maximum absolute atomic E-state index is 11.9. The lowest BCUT2D eigenvalue weighted by atomic mass is 9.78. The molecule has 2 rings (SSSR count). The van der Waals surface area contributed by atoms with Gasteiger partial charge in [-0.3, -0.25) is 4.79 Å². The first-order valence-electron chi connectivity index (χ1n) is 6.32. The van der Waals surface area contributed by atoms with E-state index in [0.29, 0.717) is 19.0 Å². The van der Waals surface area contributed by atoms with Crippen molar-refractivity contribution in [3.8, 4) is 0 Å². The fourth-order valence-corrected chi connectivity index (χ4v) is 3.20. The normalized spacial score (nSPS) is 29.2. The fourth-order valence-electron chi connectivity index (χ4n) is 3.20. The minimum absolute atomic E-state index is 0. The van der Waals surface area contributed by atoms with Crippen LogP contribution in [-0.2, 0) is 4.79 Å². The predicted molar refractivity (Wildman–Crippen MR) is 67.6 cm³/mol. The molecule has 4 heteroatoms. The van der Waals surface area contributed by atoms with Gasteiger partial charge in [-0.05, 0) is 31.6 Å². The smallest absolute Gasteiger partial charge is 0.224 e.